The van der Waals surface area contributed by atoms with Gasteiger partial charge in [0.05, 0.1) is 21.8 Å². The van der Waals surface area contributed by atoms with Crippen LogP contribution >= 0.6 is 0 Å². The van der Waals surface area contributed by atoms with Crippen molar-refractivity contribution in [1.29, 1.82) is 0 Å². The minimum atomic E-state index is -1.23. The van der Waals surface area contributed by atoms with E-state index < -0.39 is 33.1 Å². The normalized spacial score (nSPS) is 11.8. The number of hydrogen-bond donors (Lipinski definition) is 1. The van der Waals surface area contributed by atoms with Crippen molar-refractivity contribution in [3.05, 3.63) is 44.0 Å². The zero-order valence-corrected chi connectivity index (χ0v) is 8.69. The van der Waals surface area contributed by atoms with E-state index in [2.05, 4.69) is 0 Å². The topological polar surface area (TPSA) is 124 Å². The third-order valence-electron chi connectivity index (χ3n) is 2.26. The van der Waals surface area contributed by atoms with E-state index in [0.29, 0.717) is 0 Å². The van der Waals surface area contributed by atoms with E-state index in [9.17, 15) is 25.0 Å². The number of rotatable bonds is 4. The van der Waals surface area contributed by atoms with E-state index in [4.69, 9.17) is 5.11 Å². The van der Waals surface area contributed by atoms with E-state index in [1.807, 2.05) is 0 Å². The molecule has 0 bridgehead atoms. The number of carboxylic acids is 1. The van der Waals surface area contributed by atoms with Gasteiger partial charge in [-0.25, -0.2) is 0 Å². The van der Waals surface area contributed by atoms with Crippen molar-refractivity contribution in [2.75, 3.05) is 0 Å². The number of nitro benzene ring substituents is 2. The third kappa shape index (κ3) is 2.54. The van der Waals surface area contributed by atoms with Crippen molar-refractivity contribution in [2.24, 2.45) is 0 Å². The summed E-state index contributed by atoms with van der Waals surface area (Å²) in [5, 5.41) is 29.9. The van der Waals surface area contributed by atoms with Gasteiger partial charge in [-0.3, -0.25) is 25.0 Å². The molecular weight excluding hydrogens is 232 g/mol. The number of nitrogens with zero attached hydrogens (tertiary/aromatic N) is 2. The van der Waals surface area contributed by atoms with Crippen LogP contribution in [0, 0.1) is 20.2 Å². The van der Waals surface area contributed by atoms with Crippen LogP contribution in [0.2, 0.25) is 0 Å². The second-order valence-corrected chi connectivity index (χ2v) is 3.32. The predicted octanol–water partition coefficient (Wildman–Crippen LogP) is 1.69. The zero-order chi connectivity index (χ0) is 13.2. The van der Waals surface area contributed by atoms with Gasteiger partial charge in [-0.05, 0) is 13.0 Å². The van der Waals surface area contributed by atoms with Gasteiger partial charge < -0.3 is 5.11 Å². The van der Waals surface area contributed by atoms with Crippen LogP contribution in [0.1, 0.15) is 18.4 Å². The Labute approximate surface area is 94.8 Å². The molecule has 1 aromatic carbocycles. The lowest BCUT2D eigenvalue weighted by atomic mass is 9.99. The molecule has 0 aromatic heterocycles. The van der Waals surface area contributed by atoms with Crippen molar-refractivity contribution in [3.8, 4) is 0 Å². The van der Waals surface area contributed by atoms with Crippen LogP contribution in [-0.2, 0) is 4.79 Å². The van der Waals surface area contributed by atoms with E-state index in [0.717, 1.165) is 18.2 Å². The molecule has 8 heteroatoms. The average Bonchev–Trinajstić information content (AvgIpc) is 2.26. The zero-order valence-electron chi connectivity index (χ0n) is 8.69. The monoisotopic (exact) mass is 240 g/mol. The molecule has 0 aliphatic rings. The van der Waals surface area contributed by atoms with E-state index >= 15 is 0 Å². The molecule has 0 saturated carbocycles. The maximum atomic E-state index is 10.7. The molecule has 0 spiro atoms. The molecular formula is C9H8N2O6. The summed E-state index contributed by atoms with van der Waals surface area (Å²) in [6.07, 6.45) is 0. The Morgan fingerprint density at radius 1 is 1.29 bits per heavy atom. The number of carbonyl (C=O) groups is 1. The van der Waals surface area contributed by atoms with Crippen LogP contribution in [0.15, 0.2) is 18.2 Å². The maximum absolute atomic E-state index is 10.7. The van der Waals surface area contributed by atoms with Crippen molar-refractivity contribution in [1.82, 2.24) is 0 Å². The molecule has 0 heterocycles. The number of non-ortho nitro benzene ring substituents is 1. The quantitative estimate of drug-likeness (QED) is 0.630. The first-order valence-electron chi connectivity index (χ1n) is 4.50. The Balaban J connectivity index is 3.37. The van der Waals surface area contributed by atoms with Crippen LogP contribution in [0.5, 0.6) is 0 Å². The second kappa shape index (κ2) is 4.56. The minimum Gasteiger partial charge on any atom is -0.481 e. The smallest absolute Gasteiger partial charge is 0.310 e. The van der Waals surface area contributed by atoms with E-state index in [-0.39, 0.29) is 5.56 Å². The average molecular weight is 240 g/mol. The van der Waals surface area contributed by atoms with Crippen molar-refractivity contribution >= 4 is 17.3 Å². The number of hydrogen-bond acceptors (Lipinski definition) is 5. The summed E-state index contributed by atoms with van der Waals surface area (Å²) in [6, 6.07) is 2.89. The fourth-order valence-electron chi connectivity index (χ4n) is 1.30. The second-order valence-electron chi connectivity index (χ2n) is 3.32. The first kappa shape index (κ1) is 12.6. The summed E-state index contributed by atoms with van der Waals surface area (Å²) >= 11 is 0. The molecule has 17 heavy (non-hydrogen) atoms. The Hall–Kier alpha value is -2.51. The van der Waals surface area contributed by atoms with E-state index in [1.54, 1.807) is 0 Å². The number of benzene rings is 1. The minimum absolute atomic E-state index is 0.0619. The third-order valence-corrected chi connectivity index (χ3v) is 2.26. The SMILES string of the molecule is C[C@H](C(=O)O)c1ccc([N+](=O)[O-])cc1[N+](=O)[O-]. The number of carboxylic acid groups (broad SMARTS) is 1. The summed E-state index contributed by atoms with van der Waals surface area (Å²) < 4.78 is 0. The van der Waals surface area contributed by atoms with Gasteiger partial charge in [0.1, 0.15) is 0 Å². The molecule has 0 fully saturated rings. The summed E-state index contributed by atoms with van der Waals surface area (Å²) in [6.45, 7) is 1.27. The van der Waals surface area contributed by atoms with Crippen LogP contribution in [0.25, 0.3) is 0 Å². The van der Waals surface area contributed by atoms with Gasteiger partial charge in [-0.15, -0.1) is 0 Å². The highest BCUT2D eigenvalue weighted by atomic mass is 16.6. The molecule has 1 N–H and O–H groups in total. The Morgan fingerprint density at radius 2 is 1.88 bits per heavy atom. The van der Waals surface area contributed by atoms with Crippen molar-refractivity contribution in [2.45, 2.75) is 12.8 Å². The van der Waals surface area contributed by atoms with Crippen molar-refractivity contribution in [3.63, 3.8) is 0 Å². The van der Waals surface area contributed by atoms with Gasteiger partial charge in [0.15, 0.2) is 0 Å². The van der Waals surface area contributed by atoms with Crippen molar-refractivity contribution < 1.29 is 19.7 Å². The molecule has 1 aromatic rings. The first-order valence-corrected chi connectivity index (χ1v) is 4.50. The van der Waals surface area contributed by atoms with Gasteiger partial charge in [0.2, 0.25) is 0 Å². The molecule has 90 valence electrons. The van der Waals surface area contributed by atoms with Gasteiger partial charge in [0, 0.05) is 11.6 Å². The van der Waals surface area contributed by atoms with Crippen LogP contribution < -0.4 is 0 Å². The molecule has 0 amide bonds. The fourth-order valence-corrected chi connectivity index (χ4v) is 1.30. The highest BCUT2D eigenvalue weighted by Crippen LogP contribution is 2.30. The Kier molecular flexibility index (Phi) is 3.37. The molecule has 1 rings (SSSR count). The molecule has 8 nitrogen and oxygen atoms in total. The van der Waals surface area contributed by atoms with Gasteiger partial charge in [-0.1, -0.05) is 0 Å². The molecule has 0 aliphatic heterocycles. The lowest BCUT2D eigenvalue weighted by molar-refractivity contribution is -0.394. The predicted molar refractivity (Wildman–Crippen MR) is 55.8 cm³/mol. The first-order chi connectivity index (χ1) is 7.84. The highest BCUT2D eigenvalue weighted by Gasteiger charge is 2.26. The summed E-state index contributed by atoms with van der Waals surface area (Å²) in [4.78, 5) is 30.3. The number of aliphatic carboxylic acids is 1. The Morgan fingerprint density at radius 3 is 2.29 bits per heavy atom. The standard InChI is InChI=1S/C9H8N2O6/c1-5(9(12)13)7-3-2-6(10(14)15)4-8(7)11(16)17/h2-5H,1H3,(H,12,13)/t5-/m0/s1. The fraction of sp³-hybridized carbons (Fsp3) is 0.222. The van der Waals surface area contributed by atoms with Crippen LogP contribution in [0.3, 0.4) is 0 Å². The van der Waals surface area contributed by atoms with Crippen LogP contribution in [-0.4, -0.2) is 20.9 Å². The largest absolute Gasteiger partial charge is 0.481 e. The molecule has 1 atom stereocenters. The molecule has 0 saturated heterocycles. The molecule has 0 radical (unpaired) electrons. The summed E-state index contributed by atoms with van der Waals surface area (Å²) in [5.41, 5.74) is -1.07. The van der Waals surface area contributed by atoms with Crippen LogP contribution in [0.4, 0.5) is 11.4 Å². The van der Waals surface area contributed by atoms with Gasteiger partial charge >= 0.3 is 5.97 Å². The number of nitro groups is 2. The van der Waals surface area contributed by atoms with Gasteiger partial charge in [-0.2, -0.15) is 0 Å². The van der Waals surface area contributed by atoms with E-state index in [1.165, 1.54) is 6.92 Å². The summed E-state index contributed by atoms with van der Waals surface area (Å²) in [7, 11) is 0. The maximum Gasteiger partial charge on any atom is 0.310 e. The van der Waals surface area contributed by atoms with Gasteiger partial charge in [0.25, 0.3) is 11.4 Å². The lowest BCUT2D eigenvalue weighted by Crippen LogP contribution is -2.10. The molecule has 0 aliphatic carbocycles. The highest BCUT2D eigenvalue weighted by molar-refractivity contribution is 5.77. The Bertz CT molecular complexity index is 498. The lowest BCUT2D eigenvalue weighted by Gasteiger charge is -2.06. The molecule has 0 unspecified atom stereocenters. The summed E-state index contributed by atoms with van der Waals surface area (Å²) in [5.74, 6) is -2.34.